The van der Waals surface area contributed by atoms with Gasteiger partial charge in [-0.15, -0.1) is 0 Å². The number of ketones is 2. The van der Waals surface area contributed by atoms with Gasteiger partial charge in [-0.1, -0.05) is 35.4 Å². The van der Waals surface area contributed by atoms with Crippen molar-refractivity contribution in [3.63, 3.8) is 0 Å². The molecule has 0 saturated carbocycles. The predicted octanol–water partition coefficient (Wildman–Crippen LogP) is 4.22. The van der Waals surface area contributed by atoms with Gasteiger partial charge in [0, 0.05) is 27.3 Å². The van der Waals surface area contributed by atoms with E-state index in [-0.39, 0.29) is 23.0 Å². The maximum absolute atomic E-state index is 12.3. The molecule has 0 heterocycles. The van der Waals surface area contributed by atoms with Crippen molar-refractivity contribution in [3.8, 4) is 0 Å². The van der Waals surface area contributed by atoms with Crippen molar-refractivity contribution in [1.82, 2.24) is 0 Å². The first-order valence-corrected chi connectivity index (χ1v) is 9.31. The number of rotatable bonds is 6. The minimum atomic E-state index is -0.275. The number of fused-ring (bicyclic) bond motifs is 1. The molecule has 6 nitrogen and oxygen atoms in total. The normalized spacial score (nSPS) is 15.2. The number of hydrogen-bond donors (Lipinski definition) is 2. The van der Waals surface area contributed by atoms with Gasteiger partial charge in [0.05, 0.1) is 0 Å². The summed E-state index contributed by atoms with van der Waals surface area (Å²) in [5.41, 5.74) is 2.20. The lowest BCUT2D eigenvalue weighted by Gasteiger charge is -2.06. The quantitative estimate of drug-likeness (QED) is 0.337. The molecule has 0 amide bonds. The van der Waals surface area contributed by atoms with E-state index < -0.39 is 0 Å². The molecule has 0 atom stereocenters. The van der Waals surface area contributed by atoms with Crippen LogP contribution >= 0.6 is 11.8 Å². The third kappa shape index (κ3) is 3.93. The van der Waals surface area contributed by atoms with Gasteiger partial charge in [0.1, 0.15) is 11.4 Å². The van der Waals surface area contributed by atoms with Crippen LogP contribution in [0.5, 0.6) is 0 Å². The molecule has 0 unspecified atom stereocenters. The second-order valence-corrected chi connectivity index (χ2v) is 7.27. The summed E-state index contributed by atoms with van der Waals surface area (Å²) in [5.74, 6) is -0.511. The molecule has 0 bridgehead atoms. The Morgan fingerprint density at radius 3 is 2.44 bits per heavy atom. The van der Waals surface area contributed by atoms with Crippen LogP contribution in [0.2, 0.25) is 0 Å². The highest BCUT2D eigenvalue weighted by Crippen LogP contribution is 2.31. The van der Waals surface area contributed by atoms with E-state index in [9.17, 15) is 9.59 Å². The zero-order valence-electron chi connectivity index (χ0n) is 14.7. The molecule has 3 rings (SSSR count). The Balaban J connectivity index is 1.75. The third-order valence-electron chi connectivity index (χ3n) is 4.28. The molecule has 1 aliphatic rings. The molecular formula is C20H18N2O4S. The second kappa shape index (κ2) is 8.18. The van der Waals surface area contributed by atoms with Crippen LogP contribution in [0.4, 0.5) is 0 Å². The van der Waals surface area contributed by atoms with Crippen molar-refractivity contribution in [2.24, 2.45) is 10.3 Å². The van der Waals surface area contributed by atoms with Crippen molar-refractivity contribution < 1.29 is 20.0 Å². The third-order valence-corrected chi connectivity index (χ3v) is 5.28. The van der Waals surface area contributed by atoms with E-state index in [1.165, 1.54) is 11.8 Å². The lowest BCUT2D eigenvalue weighted by atomic mass is 10.0. The number of carbonyl (C=O) groups excluding carboxylic acids is 2. The van der Waals surface area contributed by atoms with Crippen molar-refractivity contribution >= 4 is 34.8 Å². The van der Waals surface area contributed by atoms with Crippen LogP contribution in [0.1, 0.15) is 46.0 Å². The fraction of sp³-hybridized carbons (Fsp3) is 0.200. The highest BCUT2D eigenvalue weighted by atomic mass is 32.2. The molecule has 27 heavy (non-hydrogen) atoms. The van der Waals surface area contributed by atoms with Crippen LogP contribution in [0.15, 0.2) is 62.6 Å². The maximum atomic E-state index is 12.3. The van der Waals surface area contributed by atoms with Gasteiger partial charge in [-0.25, -0.2) is 0 Å². The maximum Gasteiger partial charge on any atom is 0.211 e. The largest absolute Gasteiger partial charge is 0.411 e. The average molecular weight is 382 g/mol. The Bertz CT molecular complexity index is 949. The Kier molecular flexibility index (Phi) is 5.71. The Labute approximate surface area is 160 Å². The van der Waals surface area contributed by atoms with Crippen LogP contribution in [0.25, 0.3) is 0 Å². The van der Waals surface area contributed by atoms with Crippen LogP contribution in [0, 0.1) is 0 Å². The highest BCUT2D eigenvalue weighted by Gasteiger charge is 2.27. The summed E-state index contributed by atoms with van der Waals surface area (Å²) in [6, 6.07) is 12.6. The summed E-state index contributed by atoms with van der Waals surface area (Å²) < 4.78 is 0. The lowest BCUT2D eigenvalue weighted by molar-refractivity contribution is 0.105. The molecule has 1 aliphatic carbocycles. The summed E-state index contributed by atoms with van der Waals surface area (Å²) >= 11 is 1.50. The van der Waals surface area contributed by atoms with Gasteiger partial charge in [-0.3, -0.25) is 9.59 Å². The molecule has 0 saturated heterocycles. The van der Waals surface area contributed by atoms with Crippen LogP contribution in [0.3, 0.4) is 0 Å². The van der Waals surface area contributed by atoms with Gasteiger partial charge in [-0.2, -0.15) is 0 Å². The number of carbonyl (C=O) groups is 2. The summed E-state index contributed by atoms with van der Waals surface area (Å²) in [7, 11) is 0. The first-order valence-electron chi connectivity index (χ1n) is 8.49. The van der Waals surface area contributed by atoms with E-state index in [2.05, 4.69) is 10.3 Å². The van der Waals surface area contributed by atoms with Crippen LogP contribution in [-0.2, 0) is 6.42 Å². The predicted molar refractivity (Wildman–Crippen MR) is 103 cm³/mol. The number of nitrogens with zero attached hydrogens (tertiary/aromatic N) is 2. The molecule has 138 valence electrons. The minimum Gasteiger partial charge on any atom is -0.411 e. The van der Waals surface area contributed by atoms with Gasteiger partial charge in [-0.05, 0) is 54.4 Å². The summed E-state index contributed by atoms with van der Waals surface area (Å²) in [6.07, 6.45) is 1.48. The number of benzene rings is 2. The van der Waals surface area contributed by atoms with Crippen molar-refractivity contribution in [2.45, 2.75) is 36.0 Å². The van der Waals surface area contributed by atoms with Gasteiger partial charge in [0.25, 0.3) is 0 Å². The molecule has 2 N–H and O–H groups in total. The zero-order valence-corrected chi connectivity index (χ0v) is 15.5. The lowest BCUT2D eigenvalue weighted by Crippen LogP contribution is -2.14. The topological polar surface area (TPSA) is 99.3 Å². The molecule has 2 aromatic rings. The Hall–Kier alpha value is -2.93. The number of oxime groups is 2. The van der Waals surface area contributed by atoms with E-state index in [4.69, 9.17) is 10.4 Å². The molecular weight excluding hydrogens is 364 g/mol. The molecule has 0 aliphatic heterocycles. The van der Waals surface area contributed by atoms with Crippen molar-refractivity contribution in [1.29, 1.82) is 0 Å². The number of Topliss-reactive ketones (excluding diaryl/α,β-unsaturated/α-hetero) is 2. The van der Waals surface area contributed by atoms with E-state index in [0.717, 1.165) is 21.8 Å². The van der Waals surface area contributed by atoms with Crippen molar-refractivity contribution in [3.05, 3.63) is 59.2 Å². The standard InChI is InChI=1S/C20H18N2O4S/c1-2-3-17(21-25)19(23)12-4-6-14(7-5-12)27-15-8-9-16-13(10-15)11-18(22-26)20(16)24/h4-10,25-26H,2-3,11H2,1H3/b21-17-,22-18+. The minimum absolute atomic E-state index is 0.155. The Morgan fingerprint density at radius 2 is 1.81 bits per heavy atom. The summed E-state index contributed by atoms with van der Waals surface area (Å²) in [6.45, 7) is 1.91. The van der Waals surface area contributed by atoms with E-state index in [1.54, 1.807) is 18.2 Å². The van der Waals surface area contributed by atoms with E-state index in [1.807, 2.05) is 31.2 Å². The fourth-order valence-corrected chi connectivity index (χ4v) is 3.80. The smallest absolute Gasteiger partial charge is 0.211 e. The average Bonchev–Trinajstić information content (AvgIpc) is 3.01. The van der Waals surface area contributed by atoms with Crippen LogP contribution < -0.4 is 0 Å². The van der Waals surface area contributed by atoms with Gasteiger partial charge < -0.3 is 10.4 Å². The van der Waals surface area contributed by atoms with Gasteiger partial charge >= 0.3 is 0 Å². The SMILES string of the molecule is CCC/C(=N/O)C(=O)c1ccc(Sc2ccc3c(c2)C/C(=N\O)C3=O)cc1. The molecule has 0 radical (unpaired) electrons. The summed E-state index contributed by atoms with van der Waals surface area (Å²) in [4.78, 5) is 26.1. The second-order valence-electron chi connectivity index (χ2n) is 6.12. The van der Waals surface area contributed by atoms with Crippen molar-refractivity contribution in [2.75, 3.05) is 0 Å². The van der Waals surface area contributed by atoms with Crippen LogP contribution in [-0.4, -0.2) is 33.4 Å². The van der Waals surface area contributed by atoms with Gasteiger partial charge in [0.15, 0.2) is 0 Å². The zero-order chi connectivity index (χ0) is 19.4. The molecule has 7 heteroatoms. The molecule has 0 spiro atoms. The van der Waals surface area contributed by atoms with Gasteiger partial charge in [0.2, 0.25) is 11.6 Å². The first kappa shape index (κ1) is 18.8. The monoisotopic (exact) mass is 382 g/mol. The molecule has 0 aromatic heterocycles. The molecule has 2 aromatic carbocycles. The molecule has 0 fully saturated rings. The highest BCUT2D eigenvalue weighted by molar-refractivity contribution is 7.99. The number of hydrogen-bond acceptors (Lipinski definition) is 7. The summed E-state index contributed by atoms with van der Waals surface area (Å²) in [5, 5.41) is 24.0. The van der Waals surface area contributed by atoms with E-state index >= 15 is 0 Å². The van der Waals surface area contributed by atoms with E-state index in [0.29, 0.717) is 24.0 Å². The fourth-order valence-electron chi connectivity index (χ4n) is 2.92. The Morgan fingerprint density at radius 1 is 1.11 bits per heavy atom. The first-order chi connectivity index (χ1) is 13.1.